The van der Waals surface area contributed by atoms with Gasteiger partial charge in [0.25, 0.3) is 0 Å². The number of hydrazone groups is 1. The quantitative estimate of drug-likeness (QED) is 0.178. The standard InChI is InChI=1S/C20H17F7N2O4/c1-3-32-13(30)6-7-33-11-5-4-10(8-12(11)31-2)9-28-29-19-17(23)15(21)14(20(25,26)27)16(22)18(19)24/h4-5,8-9,29H,3,6-7H2,1-2H3/b28-9+. The van der Waals surface area contributed by atoms with Crippen molar-refractivity contribution >= 4 is 17.9 Å². The topological polar surface area (TPSA) is 69.2 Å². The number of esters is 1. The molecule has 0 spiro atoms. The van der Waals surface area contributed by atoms with Crippen LogP contribution in [0.15, 0.2) is 23.3 Å². The Bertz CT molecular complexity index is 1010. The summed E-state index contributed by atoms with van der Waals surface area (Å²) in [4.78, 5) is 11.3. The van der Waals surface area contributed by atoms with Gasteiger partial charge in [0.1, 0.15) is 11.3 Å². The van der Waals surface area contributed by atoms with E-state index in [1.165, 1.54) is 25.3 Å². The van der Waals surface area contributed by atoms with Crippen molar-refractivity contribution in [1.29, 1.82) is 0 Å². The lowest BCUT2D eigenvalue weighted by Gasteiger charge is -2.13. The summed E-state index contributed by atoms with van der Waals surface area (Å²) < 4.78 is 108. The number of halogens is 7. The lowest BCUT2D eigenvalue weighted by Crippen LogP contribution is -2.16. The van der Waals surface area contributed by atoms with Crippen LogP contribution >= 0.6 is 0 Å². The van der Waals surface area contributed by atoms with Crippen molar-refractivity contribution in [2.24, 2.45) is 5.10 Å². The summed E-state index contributed by atoms with van der Waals surface area (Å²) in [6.07, 6.45) is -4.70. The van der Waals surface area contributed by atoms with E-state index < -0.39 is 46.7 Å². The normalized spacial score (nSPS) is 11.5. The van der Waals surface area contributed by atoms with Gasteiger partial charge >= 0.3 is 12.1 Å². The van der Waals surface area contributed by atoms with E-state index in [1.54, 1.807) is 12.3 Å². The molecule has 0 unspecified atom stereocenters. The molecule has 2 rings (SSSR count). The van der Waals surface area contributed by atoms with E-state index in [9.17, 15) is 35.5 Å². The number of methoxy groups -OCH3 is 1. The van der Waals surface area contributed by atoms with Gasteiger partial charge in [0.15, 0.2) is 34.8 Å². The van der Waals surface area contributed by atoms with Crippen LogP contribution in [-0.4, -0.2) is 32.5 Å². The largest absolute Gasteiger partial charge is 0.493 e. The van der Waals surface area contributed by atoms with E-state index in [1.807, 2.05) is 0 Å². The summed E-state index contributed by atoms with van der Waals surface area (Å²) in [6, 6.07) is 4.20. The van der Waals surface area contributed by atoms with Crippen molar-refractivity contribution in [3.63, 3.8) is 0 Å². The number of hydrogen-bond acceptors (Lipinski definition) is 6. The summed E-state index contributed by atoms with van der Waals surface area (Å²) in [7, 11) is 1.31. The van der Waals surface area contributed by atoms with Crippen molar-refractivity contribution in [3.8, 4) is 11.5 Å². The van der Waals surface area contributed by atoms with Crippen molar-refractivity contribution in [1.82, 2.24) is 0 Å². The average Bonchev–Trinajstić information content (AvgIpc) is 2.74. The molecule has 0 aliphatic heterocycles. The molecule has 0 amide bonds. The maximum Gasteiger partial charge on any atom is 0.422 e. The predicted molar refractivity (Wildman–Crippen MR) is 102 cm³/mol. The summed E-state index contributed by atoms with van der Waals surface area (Å²) in [5, 5.41) is 3.39. The molecule has 1 N–H and O–H groups in total. The van der Waals surface area contributed by atoms with Crippen LogP contribution in [-0.2, 0) is 15.7 Å². The molecule has 0 heterocycles. The van der Waals surface area contributed by atoms with E-state index in [-0.39, 0.29) is 36.7 Å². The van der Waals surface area contributed by atoms with Gasteiger partial charge in [-0.05, 0) is 30.7 Å². The third-order valence-corrected chi connectivity index (χ3v) is 3.99. The van der Waals surface area contributed by atoms with E-state index in [2.05, 4.69) is 5.10 Å². The molecule has 2 aromatic carbocycles. The highest BCUT2D eigenvalue weighted by Crippen LogP contribution is 2.38. The van der Waals surface area contributed by atoms with Gasteiger partial charge in [0.2, 0.25) is 0 Å². The third-order valence-electron chi connectivity index (χ3n) is 3.99. The van der Waals surface area contributed by atoms with Crippen LogP contribution in [0.3, 0.4) is 0 Å². The second-order valence-corrected chi connectivity index (χ2v) is 6.19. The maximum atomic E-state index is 13.9. The van der Waals surface area contributed by atoms with Crippen molar-refractivity contribution in [2.75, 3.05) is 25.7 Å². The van der Waals surface area contributed by atoms with Gasteiger partial charge in [-0.2, -0.15) is 18.3 Å². The molecular weight excluding hydrogens is 465 g/mol. The summed E-state index contributed by atoms with van der Waals surface area (Å²) in [5.41, 5.74) is -2.32. The molecule has 2 aromatic rings. The smallest absolute Gasteiger partial charge is 0.422 e. The van der Waals surface area contributed by atoms with Gasteiger partial charge in [-0.25, -0.2) is 17.6 Å². The molecule has 33 heavy (non-hydrogen) atoms. The second-order valence-electron chi connectivity index (χ2n) is 6.19. The lowest BCUT2D eigenvalue weighted by atomic mass is 10.1. The fourth-order valence-electron chi connectivity index (χ4n) is 2.51. The Morgan fingerprint density at radius 3 is 2.24 bits per heavy atom. The van der Waals surface area contributed by atoms with Crippen LogP contribution in [0.1, 0.15) is 24.5 Å². The zero-order valence-corrected chi connectivity index (χ0v) is 17.2. The number of rotatable bonds is 9. The van der Waals surface area contributed by atoms with Crippen molar-refractivity contribution in [2.45, 2.75) is 19.5 Å². The molecule has 0 atom stereocenters. The molecule has 0 aliphatic rings. The average molecular weight is 482 g/mol. The predicted octanol–water partition coefficient (Wildman–Crippen LogP) is 5.05. The molecule has 0 radical (unpaired) electrons. The number of hydrogen-bond donors (Lipinski definition) is 1. The van der Waals surface area contributed by atoms with E-state index in [0.717, 1.165) is 6.21 Å². The number of alkyl halides is 3. The van der Waals surface area contributed by atoms with Gasteiger partial charge in [-0.15, -0.1) is 0 Å². The fraction of sp³-hybridized carbons (Fsp3) is 0.300. The maximum absolute atomic E-state index is 13.9. The Hall–Kier alpha value is -3.51. The molecule has 0 aliphatic carbocycles. The molecule has 180 valence electrons. The molecule has 0 saturated heterocycles. The summed E-state index contributed by atoms with van der Waals surface area (Å²) in [5.74, 6) is -9.82. The molecular formula is C20H17F7N2O4. The molecule has 0 saturated carbocycles. The van der Waals surface area contributed by atoms with E-state index in [4.69, 9.17) is 14.2 Å². The lowest BCUT2D eigenvalue weighted by molar-refractivity contribution is -0.144. The van der Waals surface area contributed by atoms with Gasteiger partial charge in [-0.1, -0.05) is 0 Å². The number of nitrogens with one attached hydrogen (secondary N) is 1. The SMILES string of the molecule is CCOC(=O)CCOc1ccc(/C=N/Nc2c(F)c(F)c(C(F)(F)F)c(F)c2F)cc1OC. The van der Waals surface area contributed by atoms with Gasteiger partial charge < -0.3 is 14.2 Å². The number of anilines is 1. The Balaban J connectivity index is 2.17. The minimum absolute atomic E-state index is 0.00616. The highest BCUT2D eigenvalue weighted by atomic mass is 19.4. The van der Waals surface area contributed by atoms with Crippen molar-refractivity contribution < 1.29 is 49.7 Å². The number of benzene rings is 2. The zero-order valence-electron chi connectivity index (χ0n) is 17.2. The first kappa shape index (κ1) is 25.7. The Morgan fingerprint density at radius 1 is 1.06 bits per heavy atom. The van der Waals surface area contributed by atoms with Crippen LogP contribution in [0.5, 0.6) is 11.5 Å². The molecule has 0 fully saturated rings. The molecule has 0 bridgehead atoms. The van der Waals surface area contributed by atoms with Crippen LogP contribution in [0, 0.1) is 23.3 Å². The van der Waals surface area contributed by atoms with Crippen LogP contribution in [0.4, 0.5) is 36.4 Å². The highest BCUT2D eigenvalue weighted by molar-refractivity contribution is 5.81. The third kappa shape index (κ3) is 6.26. The Labute approximate surface area is 182 Å². The first-order chi connectivity index (χ1) is 15.5. The van der Waals surface area contributed by atoms with E-state index in [0.29, 0.717) is 0 Å². The minimum atomic E-state index is -5.64. The van der Waals surface area contributed by atoms with Gasteiger partial charge in [0, 0.05) is 0 Å². The zero-order chi connectivity index (χ0) is 24.8. The Morgan fingerprint density at radius 2 is 1.70 bits per heavy atom. The Kier molecular flexibility index (Phi) is 8.49. The van der Waals surface area contributed by atoms with Crippen LogP contribution in [0.2, 0.25) is 0 Å². The van der Waals surface area contributed by atoms with Gasteiger partial charge in [0.05, 0.1) is 33.0 Å². The number of carbonyl (C=O) groups is 1. The number of carbonyl (C=O) groups excluding carboxylic acids is 1. The van der Waals surface area contributed by atoms with E-state index >= 15 is 0 Å². The minimum Gasteiger partial charge on any atom is -0.493 e. The fourth-order valence-corrected chi connectivity index (χ4v) is 2.51. The number of nitrogens with zero attached hydrogens (tertiary/aromatic N) is 1. The highest BCUT2D eigenvalue weighted by Gasteiger charge is 2.42. The summed E-state index contributed by atoms with van der Waals surface area (Å²) >= 11 is 0. The number of ether oxygens (including phenoxy) is 3. The first-order valence-electron chi connectivity index (χ1n) is 9.19. The molecule has 6 nitrogen and oxygen atoms in total. The van der Waals surface area contributed by atoms with Gasteiger partial charge in [-0.3, -0.25) is 10.2 Å². The monoisotopic (exact) mass is 482 g/mol. The first-order valence-corrected chi connectivity index (χ1v) is 9.19. The molecule has 0 aromatic heterocycles. The van der Waals surface area contributed by atoms with Crippen molar-refractivity contribution in [3.05, 3.63) is 52.6 Å². The van der Waals surface area contributed by atoms with Crippen LogP contribution < -0.4 is 14.9 Å². The second kappa shape index (κ2) is 10.9. The summed E-state index contributed by atoms with van der Waals surface area (Å²) in [6.45, 7) is 1.88. The molecule has 13 heteroatoms. The van der Waals surface area contributed by atoms with Crippen LogP contribution in [0.25, 0.3) is 0 Å².